The van der Waals surface area contributed by atoms with Crippen LogP contribution in [0.1, 0.15) is 45.4 Å². The fourth-order valence-corrected chi connectivity index (χ4v) is 2.86. The van der Waals surface area contributed by atoms with Gasteiger partial charge in [0.25, 0.3) is 0 Å². The van der Waals surface area contributed by atoms with Crippen LogP contribution >= 0.6 is 0 Å². The molecule has 1 heterocycles. The molecular weight excluding hydrogens is 298 g/mol. The molecule has 7 nitrogen and oxygen atoms in total. The highest BCUT2D eigenvalue weighted by Gasteiger charge is 2.28. The van der Waals surface area contributed by atoms with E-state index in [1.54, 1.807) is 11.9 Å². The molecule has 1 unspecified atom stereocenters. The van der Waals surface area contributed by atoms with E-state index in [-0.39, 0.29) is 19.2 Å². The molecule has 0 bridgehead atoms. The van der Waals surface area contributed by atoms with Crippen molar-refractivity contribution in [3.63, 3.8) is 0 Å². The first kappa shape index (κ1) is 17.6. The minimum Gasteiger partial charge on any atom is -0.463 e. The molecule has 1 atom stereocenters. The summed E-state index contributed by atoms with van der Waals surface area (Å²) in [6.45, 7) is 2.91. The molecule has 0 aromatic heterocycles. The van der Waals surface area contributed by atoms with Crippen molar-refractivity contribution in [2.75, 3.05) is 19.7 Å². The van der Waals surface area contributed by atoms with Crippen LogP contribution in [0.5, 0.6) is 0 Å². The Morgan fingerprint density at radius 1 is 1.30 bits per heavy atom. The van der Waals surface area contributed by atoms with E-state index in [1.165, 1.54) is 12.8 Å². The Kier molecular flexibility index (Phi) is 7.19. The molecule has 2 aliphatic rings. The number of hydrazine groups is 1. The van der Waals surface area contributed by atoms with E-state index in [0.717, 1.165) is 25.7 Å². The molecule has 1 saturated carbocycles. The zero-order valence-corrected chi connectivity index (χ0v) is 13.8. The van der Waals surface area contributed by atoms with Gasteiger partial charge in [-0.05, 0) is 19.8 Å². The van der Waals surface area contributed by atoms with E-state index in [4.69, 9.17) is 9.47 Å². The lowest BCUT2D eigenvalue weighted by Crippen LogP contribution is -2.45. The Labute approximate surface area is 137 Å². The number of hydrogen-bond donors (Lipinski definition) is 2. The van der Waals surface area contributed by atoms with Crippen LogP contribution in [0, 0.1) is 0 Å². The maximum atomic E-state index is 12.1. The SMILES string of the molecule is CCOC(=O)C(CN1C=CCN1)OC(=O)NC1CCCCCC1. The lowest BCUT2D eigenvalue weighted by Gasteiger charge is -2.24. The highest BCUT2D eigenvalue weighted by Crippen LogP contribution is 2.17. The average Bonchev–Trinajstić information content (AvgIpc) is 2.90. The van der Waals surface area contributed by atoms with Gasteiger partial charge in [0.15, 0.2) is 0 Å². The maximum absolute atomic E-state index is 12.1. The minimum atomic E-state index is -0.948. The summed E-state index contributed by atoms with van der Waals surface area (Å²) < 4.78 is 10.3. The van der Waals surface area contributed by atoms with Gasteiger partial charge in [0, 0.05) is 18.8 Å². The highest BCUT2D eigenvalue weighted by molar-refractivity contribution is 5.79. The van der Waals surface area contributed by atoms with Crippen LogP contribution in [0.15, 0.2) is 12.3 Å². The number of amides is 1. The second kappa shape index (κ2) is 9.39. The minimum absolute atomic E-state index is 0.137. The summed E-state index contributed by atoms with van der Waals surface area (Å²) in [5, 5.41) is 4.61. The number of ether oxygens (including phenoxy) is 2. The van der Waals surface area contributed by atoms with Crippen molar-refractivity contribution < 1.29 is 19.1 Å². The molecule has 1 amide bonds. The number of carbonyl (C=O) groups is 2. The zero-order valence-electron chi connectivity index (χ0n) is 13.8. The Bertz CT molecular complexity index is 420. The Morgan fingerprint density at radius 2 is 2.04 bits per heavy atom. The van der Waals surface area contributed by atoms with Gasteiger partial charge in [-0.1, -0.05) is 31.8 Å². The number of hydrogen-bond acceptors (Lipinski definition) is 6. The number of alkyl carbamates (subject to hydrolysis) is 1. The van der Waals surface area contributed by atoms with Crippen LogP contribution in [-0.4, -0.2) is 48.9 Å². The van der Waals surface area contributed by atoms with Crippen LogP contribution in [0.2, 0.25) is 0 Å². The number of nitrogens with one attached hydrogen (secondary N) is 2. The second-order valence-corrected chi connectivity index (χ2v) is 5.88. The second-order valence-electron chi connectivity index (χ2n) is 5.88. The summed E-state index contributed by atoms with van der Waals surface area (Å²) in [6, 6.07) is 0.137. The van der Waals surface area contributed by atoms with Gasteiger partial charge < -0.3 is 19.8 Å². The van der Waals surface area contributed by atoms with E-state index in [1.807, 2.05) is 12.3 Å². The predicted molar refractivity (Wildman–Crippen MR) is 85.4 cm³/mol. The Balaban J connectivity index is 1.85. The third kappa shape index (κ3) is 6.09. The zero-order chi connectivity index (χ0) is 16.5. The van der Waals surface area contributed by atoms with Gasteiger partial charge in [0.2, 0.25) is 6.10 Å². The van der Waals surface area contributed by atoms with Crippen molar-refractivity contribution in [2.24, 2.45) is 0 Å². The molecule has 2 N–H and O–H groups in total. The molecule has 0 aromatic carbocycles. The smallest absolute Gasteiger partial charge is 0.408 e. The van der Waals surface area contributed by atoms with E-state index in [9.17, 15) is 9.59 Å². The fourth-order valence-electron chi connectivity index (χ4n) is 2.86. The van der Waals surface area contributed by atoms with E-state index < -0.39 is 18.2 Å². The monoisotopic (exact) mass is 325 g/mol. The highest BCUT2D eigenvalue weighted by atomic mass is 16.6. The van der Waals surface area contributed by atoms with Crippen molar-refractivity contribution in [3.8, 4) is 0 Å². The van der Waals surface area contributed by atoms with Gasteiger partial charge in [-0.25, -0.2) is 15.0 Å². The first-order valence-corrected chi connectivity index (χ1v) is 8.49. The van der Waals surface area contributed by atoms with Crippen LogP contribution in [0.3, 0.4) is 0 Å². The first-order valence-electron chi connectivity index (χ1n) is 8.49. The summed E-state index contributed by atoms with van der Waals surface area (Å²) in [4.78, 5) is 24.1. The molecular formula is C16H27N3O4. The molecule has 7 heteroatoms. The van der Waals surface area contributed by atoms with Gasteiger partial charge >= 0.3 is 12.1 Å². The Morgan fingerprint density at radius 3 is 2.65 bits per heavy atom. The van der Waals surface area contributed by atoms with Gasteiger partial charge in [0.1, 0.15) is 0 Å². The van der Waals surface area contributed by atoms with Crippen molar-refractivity contribution in [3.05, 3.63) is 12.3 Å². The molecule has 130 valence electrons. The standard InChI is InChI=1S/C16H27N3O4/c1-2-22-15(20)14(12-19-11-7-10-17-19)23-16(21)18-13-8-5-3-4-6-9-13/h7,11,13-14,17H,2-6,8-10,12H2,1H3,(H,18,21). The third-order valence-electron chi connectivity index (χ3n) is 4.04. The lowest BCUT2D eigenvalue weighted by atomic mass is 10.1. The van der Waals surface area contributed by atoms with Crippen LogP contribution in [0.4, 0.5) is 4.79 Å². The first-order chi connectivity index (χ1) is 11.2. The maximum Gasteiger partial charge on any atom is 0.408 e. The number of carbonyl (C=O) groups excluding carboxylic acids is 2. The topological polar surface area (TPSA) is 79.9 Å². The molecule has 23 heavy (non-hydrogen) atoms. The van der Waals surface area contributed by atoms with E-state index >= 15 is 0 Å². The van der Waals surface area contributed by atoms with E-state index in [2.05, 4.69) is 10.7 Å². The average molecular weight is 325 g/mol. The molecule has 1 fully saturated rings. The molecule has 2 rings (SSSR count). The van der Waals surface area contributed by atoms with Crippen molar-refractivity contribution >= 4 is 12.1 Å². The fraction of sp³-hybridized carbons (Fsp3) is 0.750. The molecule has 0 spiro atoms. The van der Waals surface area contributed by atoms with Gasteiger partial charge in [-0.3, -0.25) is 0 Å². The normalized spacial score (nSPS) is 20.0. The molecule has 0 saturated heterocycles. The predicted octanol–water partition coefficient (Wildman–Crippen LogP) is 1.70. The molecule has 1 aliphatic heterocycles. The number of esters is 1. The van der Waals surface area contributed by atoms with Crippen LogP contribution in [0.25, 0.3) is 0 Å². The van der Waals surface area contributed by atoms with Gasteiger partial charge in [-0.2, -0.15) is 0 Å². The number of nitrogens with zero attached hydrogens (tertiary/aromatic N) is 1. The van der Waals surface area contributed by atoms with Crippen LogP contribution < -0.4 is 10.7 Å². The number of rotatable bonds is 6. The largest absolute Gasteiger partial charge is 0.463 e. The van der Waals surface area contributed by atoms with Crippen LogP contribution in [-0.2, 0) is 14.3 Å². The molecule has 1 aliphatic carbocycles. The van der Waals surface area contributed by atoms with Crippen molar-refractivity contribution in [1.82, 2.24) is 15.8 Å². The van der Waals surface area contributed by atoms with Crippen molar-refractivity contribution in [2.45, 2.75) is 57.6 Å². The third-order valence-corrected chi connectivity index (χ3v) is 4.04. The van der Waals surface area contributed by atoms with Gasteiger partial charge in [0.05, 0.1) is 13.2 Å². The van der Waals surface area contributed by atoms with E-state index in [0.29, 0.717) is 6.54 Å². The lowest BCUT2D eigenvalue weighted by molar-refractivity contribution is -0.154. The molecule has 0 aromatic rings. The summed E-state index contributed by atoms with van der Waals surface area (Å²) in [5.41, 5.74) is 3.05. The summed E-state index contributed by atoms with van der Waals surface area (Å²) >= 11 is 0. The summed E-state index contributed by atoms with van der Waals surface area (Å²) in [6.07, 6.45) is 8.85. The summed E-state index contributed by atoms with van der Waals surface area (Å²) in [7, 11) is 0. The molecule has 0 radical (unpaired) electrons. The Hall–Kier alpha value is -1.76. The summed E-state index contributed by atoms with van der Waals surface area (Å²) in [5.74, 6) is -0.523. The van der Waals surface area contributed by atoms with Crippen molar-refractivity contribution in [1.29, 1.82) is 0 Å². The van der Waals surface area contributed by atoms with Gasteiger partial charge in [-0.15, -0.1) is 0 Å². The quantitative estimate of drug-likeness (QED) is 0.571.